The molecule has 0 aromatic heterocycles. The number of ether oxygens (including phenoxy) is 1. The highest BCUT2D eigenvalue weighted by Gasteiger charge is 2.26. The molecule has 1 saturated carbocycles. The van der Waals surface area contributed by atoms with Gasteiger partial charge in [0.1, 0.15) is 5.75 Å². The van der Waals surface area contributed by atoms with E-state index in [2.05, 4.69) is 22.3 Å². The van der Waals surface area contributed by atoms with Crippen LogP contribution in [-0.2, 0) is 19.3 Å². The average Bonchev–Trinajstić information content (AvgIpc) is 3.01. The van der Waals surface area contributed by atoms with Crippen LogP contribution >= 0.6 is 0 Å². The van der Waals surface area contributed by atoms with Gasteiger partial charge in [-0.3, -0.25) is 9.69 Å². The second kappa shape index (κ2) is 7.01. The van der Waals surface area contributed by atoms with Crippen molar-refractivity contribution in [2.24, 2.45) is 0 Å². The highest BCUT2D eigenvalue weighted by Crippen LogP contribution is 2.29. The summed E-state index contributed by atoms with van der Waals surface area (Å²) >= 11 is 0. The van der Waals surface area contributed by atoms with E-state index in [1.165, 1.54) is 36.9 Å². The molecule has 0 atom stereocenters. The quantitative estimate of drug-likeness (QED) is 0.902. The summed E-state index contributed by atoms with van der Waals surface area (Å²) < 4.78 is 5.53. The zero-order valence-electron chi connectivity index (χ0n) is 15.7. The maximum Gasteiger partial charge on any atom is 0.255 e. The maximum atomic E-state index is 12.7. The largest absolute Gasteiger partial charge is 0.493 e. The topological polar surface area (TPSA) is 41.6 Å². The second-order valence-corrected chi connectivity index (χ2v) is 7.98. The van der Waals surface area contributed by atoms with Gasteiger partial charge in [0, 0.05) is 36.8 Å². The number of benzene rings is 2. The van der Waals surface area contributed by atoms with Crippen LogP contribution in [0.2, 0.25) is 0 Å². The van der Waals surface area contributed by atoms with Crippen LogP contribution in [0.25, 0.3) is 0 Å². The normalized spacial score (nSPS) is 19.4. The van der Waals surface area contributed by atoms with Crippen molar-refractivity contribution in [3.8, 4) is 5.75 Å². The van der Waals surface area contributed by atoms with E-state index in [1.54, 1.807) is 0 Å². The highest BCUT2D eigenvalue weighted by atomic mass is 16.5. The molecule has 1 fully saturated rings. The molecule has 2 aromatic carbocycles. The van der Waals surface area contributed by atoms with E-state index in [0.29, 0.717) is 12.2 Å². The molecular weight excluding hydrogens is 336 g/mol. The molecule has 0 bridgehead atoms. The average molecular weight is 362 g/mol. The van der Waals surface area contributed by atoms with Crippen molar-refractivity contribution in [1.29, 1.82) is 0 Å². The summed E-state index contributed by atoms with van der Waals surface area (Å²) in [5.74, 6) is 0.863. The number of carbonyl (C=O) groups excluding carboxylic acids is 1. The fourth-order valence-corrected chi connectivity index (χ4v) is 4.47. The Labute approximate surface area is 160 Å². The molecular formula is C23H26N2O2. The van der Waals surface area contributed by atoms with Gasteiger partial charge in [-0.2, -0.15) is 0 Å². The number of hydrogen-bond acceptors (Lipinski definition) is 3. The smallest absolute Gasteiger partial charge is 0.255 e. The molecule has 4 heteroatoms. The van der Waals surface area contributed by atoms with Gasteiger partial charge >= 0.3 is 0 Å². The van der Waals surface area contributed by atoms with Crippen molar-refractivity contribution >= 4 is 11.6 Å². The van der Waals surface area contributed by atoms with Crippen molar-refractivity contribution in [1.82, 2.24) is 4.90 Å². The summed E-state index contributed by atoms with van der Waals surface area (Å²) in [6.45, 7) is 3.02. The lowest BCUT2D eigenvalue weighted by Gasteiger charge is -2.36. The molecule has 27 heavy (non-hydrogen) atoms. The summed E-state index contributed by atoms with van der Waals surface area (Å²) in [4.78, 5) is 15.3. The zero-order chi connectivity index (χ0) is 18.2. The van der Waals surface area contributed by atoms with Crippen molar-refractivity contribution in [2.45, 2.75) is 44.6 Å². The van der Waals surface area contributed by atoms with Gasteiger partial charge in [-0.05, 0) is 72.7 Å². The van der Waals surface area contributed by atoms with Crippen LogP contribution in [-0.4, -0.2) is 36.5 Å². The van der Waals surface area contributed by atoms with Gasteiger partial charge in [0.15, 0.2) is 0 Å². The lowest BCUT2D eigenvalue weighted by molar-refractivity contribution is 0.102. The van der Waals surface area contributed by atoms with E-state index in [9.17, 15) is 4.79 Å². The van der Waals surface area contributed by atoms with Crippen LogP contribution in [0.15, 0.2) is 36.4 Å². The number of amides is 1. The fourth-order valence-electron chi connectivity index (χ4n) is 4.47. The first kappa shape index (κ1) is 16.8. The van der Waals surface area contributed by atoms with Gasteiger partial charge in [-0.15, -0.1) is 0 Å². The van der Waals surface area contributed by atoms with Gasteiger partial charge in [0.2, 0.25) is 0 Å². The number of nitrogens with one attached hydrogen (secondary N) is 1. The SMILES string of the molecule is O=C(Nc1ccc2c(c1)CCN(C1CCC1)CC2)c1ccc2c(c1)CCO2. The van der Waals surface area contributed by atoms with Gasteiger partial charge in [-0.25, -0.2) is 0 Å². The third-order valence-electron chi connectivity index (χ3n) is 6.34. The van der Waals surface area contributed by atoms with Crippen molar-refractivity contribution in [3.63, 3.8) is 0 Å². The van der Waals surface area contributed by atoms with E-state index in [-0.39, 0.29) is 5.91 Å². The van der Waals surface area contributed by atoms with Crippen molar-refractivity contribution < 1.29 is 9.53 Å². The summed E-state index contributed by atoms with van der Waals surface area (Å²) in [7, 11) is 0. The number of rotatable bonds is 3. The minimum atomic E-state index is -0.0469. The van der Waals surface area contributed by atoms with Gasteiger partial charge in [0.25, 0.3) is 5.91 Å². The standard InChI is InChI=1S/C23H26N2O2/c26-23(19-5-7-22-18(14-19)10-13-27-22)24-20-6-4-16-8-11-25(21-2-1-3-21)12-9-17(16)15-20/h4-7,14-15,21H,1-3,8-13H2,(H,24,26). The Morgan fingerprint density at radius 2 is 1.81 bits per heavy atom. The Balaban J connectivity index is 1.29. The predicted octanol–water partition coefficient (Wildman–Crippen LogP) is 3.83. The minimum absolute atomic E-state index is 0.0469. The monoisotopic (exact) mass is 362 g/mol. The molecule has 0 spiro atoms. The third-order valence-corrected chi connectivity index (χ3v) is 6.34. The number of fused-ring (bicyclic) bond motifs is 2. The third kappa shape index (κ3) is 3.34. The maximum absolute atomic E-state index is 12.7. The molecule has 1 N–H and O–H groups in total. The molecule has 5 rings (SSSR count). The Morgan fingerprint density at radius 3 is 2.63 bits per heavy atom. The van der Waals surface area contributed by atoms with Crippen LogP contribution in [0.3, 0.4) is 0 Å². The number of nitrogens with zero attached hydrogens (tertiary/aromatic N) is 1. The van der Waals surface area contributed by atoms with Crippen LogP contribution in [0.5, 0.6) is 5.75 Å². The predicted molar refractivity (Wildman–Crippen MR) is 107 cm³/mol. The van der Waals surface area contributed by atoms with E-state index < -0.39 is 0 Å². The number of carbonyl (C=O) groups is 1. The molecule has 2 aliphatic heterocycles. The summed E-state index contributed by atoms with van der Waals surface area (Å²) in [6, 6.07) is 12.9. The molecule has 2 heterocycles. The molecule has 0 saturated heterocycles. The molecule has 0 unspecified atom stereocenters. The minimum Gasteiger partial charge on any atom is -0.493 e. The molecule has 2 aromatic rings. The van der Waals surface area contributed by atoms with Crippen LogP contribution in [0.1, 0.15) is 46.3 Å². The van der Waals surface area contributed by atoms with E-state index in [0.717, 1.165) is 48.8 Å². The molecule has 140 valence electrons. The van der Waals surface area contributed by atoms with Gasteiger partial charge in [0.05, 0.1) is 6.61 Å². The number of hydrogen-bond donors (Lipinski definition) is 1. The van der Waals surface area contributed by atoms with E-state index in [4.69, 9.17) is 4.74 Å². The molecule has 1 aliphatic carbocycles. The molecule has 0 radical (unpaired) electrons. The van der Waals surface area contributed by atoms with Crippen LogP contribution in [0, 0.1) is 0 Å². The van der Waals surface area contributed by atoms with E-state index in [1.807, 2.05) is 24.3 Å². The Hall–Kier alpha value is -2.33. The first-order valence-electron chi connectivity index (χ1n) is 10.2. The number of anilines is 1. The van der Waals surface area contributed by atoms with Crippen molar-refractivity contribution in [3.05, 3.63) is 58.7 Å². The Kier molecular flexibility index (Phi) is 4.36. The van der Waals surface area contributed by atoms with Gasteiger partial charge in [-0.1, -0.05) is 12.5 Å². The summed E-state index contributed by atoms with van der Waals surface area (Å²) in [5, 5.41) is 3.08. The lowest BCUT2D eigenvalue weighted by atomic mass is 9.91. The van der Waals surface area contributed by atoms with Crippen LogP contribution in [0.4, 0.5) is 5.69 Å². The lowest BCUT2D eigenvalue weighted by Crippen LogP contribution is -2.41. The molecule has 1 amide bonds. The van der Waals surface area contributed by atoms with E-state index >= 15 is 0 Å². The molecule has 3 aliphatic rings. The van der Waals surface area contributed by atoms with Crippen molar-refractivity contribution in [2.75, 3.05) is 25.0 Å². The highest BCUT2D eigenvalue weighted by molar-refractivity contribution is 6.04. The first-order chi connectivity index (χ1) is 13.3. The zero-order valence-corrected chi connectivity index (χ0v) is 15.7. The first-order valence-corrected chi connectivity index (χ1v) is 10.2. The summed E-state index contributed by atoms with van der Waals surface area (Å²) in [5.41, 5.74) is 5.54. The Morgan fingerprint density at radius 1 is 0.963 bits per heavy atom. The van der Waals surface area contributed by atoms with Crippen LogP contribution < -0.4 is 10.1 Å². The second-order valence-electron chi connectivity index (χ2n) is 7.98. The fraction of sp³-hybridized carbons (Fsp3) is 0.435. The summed E-state index contributed by atoms with van der Waals surface area (Å²) in [6.07, 6.45) is 7.19. The molecule has 4 nitrogen and oxygen atoms in total. The van der Waals surface area contributed by atoms with Gasteiger partial charge < -0.3 is 10.1 Å². The Bertz CT molecular complexity index is 873.